The highest BCUT2D eigenvalue weighted by atomic mass is 16.2. The molecule has 1 atom stereocenters. The summed E-state index contributed by atoms with van der Waals surface area (Å²) in [6, 6.07) is 0.431. The zero-order chi connectivity index (χ0) is 11.6. The molecule has 0 aromatic carbocycles. The number of amides is 1. The van der Waals surface area contributed by atoms with Crippen molar-refractivity contribution in [3.05, 3.63) is 0 Å². The van der Waals surface area contributed by atoms with E-state index >= 15 is 0 Å². The lowest BCUT2D eigenvalue weighted by molar-refractivity contribution is -0.130. The lowest BCUT2D eigenvalue weighted by atomic mass is 9.80. The van der Waals surface area contributed by atoms with Gasteiger partial charge in [0.15, 0.2) is 0 Å². The van der Waals surface area contributed by atoms with Crippen molar-refractivity contribution in [2.75, 3.05) is 13.1 Å². The molecule has 1 heterocycles. The van der Waals surface area contributed by atoms with Gasteiger partial charge >= 0.3 is 0 Å². The first-order valence-electron chi connectivity index (χ1n) is 6.69. The minimum absolute atomic E-state index is 0.224. The topological polar surface area (TPSA) is 32.3 Å². The Bertz CT molecular complexity index is 259. The summed E-state index contributed by atoms with van der Waals surface area (Å²) in [5.74, 6) is 0.224. The van der Waals surface area contributed by atoms with Gasteiger partial charge in [-0.1, -0.05) is 19.3 Å². The number of likely N-dealkylation sites (N-methyl/N-ethyl adjacent to an activating group) is 1. The quantitative estimate of drug-likeness (QED) is 0.777. The molecule has 16 heavy (non-hydrogen) atoms. The third kappa shape index (κ3) is 2.24. The van der Waals surface area contributed by atoms with Crippen LogP contribution in [0.25, 0.3) is 0 Å². The molecule has 2 rings (SSSR count). The zero-order valence-corrected chi connectivity index (χ0v) is 10.6. The Morgan fingerprint density at radius 1 is 1.38 bits per heavy atom. The minimum Gasteiger partial charge on any atom is -0.339 e. The molecular formula is C13H24N2O. The van der Waals surface area contributed by atoms with Crippen LogP contribution in [0.15, 0.2) is 0 Å². The van der Waals surface area contributed by atoms with Crippen LogP contribution in [0.2, 0.25) is 0 Å². The molecule has 0 aromatic heterocycles. The zero-order valence-electron chi connectivity index (χ0n) is 10.6. The van der Waals surface area contributed by atoms with Gasteiger partial charge in [-0.2, -0.15) is 0 Å². The molecule has 3 heteroatoms. The van der Waals surface area contributed by atoms with E-state index in [2.05, 4.69) is 12.2 Å². The first-order chi connectivity index (χ1) is 7.67. The number of rotatable bonds is 2. The van der Waals surface area contributed by atoms with Crippen molar-refractivity contribution in [1.82, 2.24) is 10.2 Å². The van der Waals surface area contributed by atoms with Crippen molar-refractivity contribution >= 4 is 5.91 Å². The minimum atomic E-state index is 0.224. The van der Waals surface area contributed by atoms with Crippen molar-refractivity contribution in [2.45, 2.75) is 64.0 Å². The van der Waals surface area contributed by atoms with E-state index in [-0.39, 0.29) is 5.91 Å². The van der Waals surface area contributed by atoms with Crippen molar-refractivity contribution in [1.29, 1.82) is 0 Å². The van der Waals surface area contributed by atoms with E-state index in [9.17, 15) is 4.79 Å². The SMILES string of the molecule is CCN(C(C)=O)[C@@H]1CNC2(CCCCC2)C1. The molecule has 1 aliphatic heterocycles. The highest BCUT2D eigenvalue weighted by molar-refractivity contribution is 5.73. The summed E-state index contributed by atoms with van der Waals surface area (Å²) in [7, 11) is 0. The van der Waals surface area contributed by atoms with Gasteiger partial charge < -0.3 is 10.2 Å². The molecule has 0 aromatic rings. The Morgan fingerprint density at radius 3 is 2.62 bits per heavy atom. The molecule has 1 N–H and O–H groups in total. The molecule has 1 saturated heterocycles. The standard InChI is InChI=1S/C13H24N2O/c1-3-15(11(2)16)12-9-13(14-10-12)7-5-4-6-8-13/h12,14H,3-10H2,1-2H3/t12-/m0/s1. The summed E-state index contributed by atoms with van der Waals surface area (Å²) >= 11 is 0. The average molecular weight is 224 g/mol. The second-order valence-electron chi connectivity index (χ2n) is 5.38. The molecule has 2 fully saturated rings. The van der Waals surface area contributed by atoms with Gasteiger partial charge in [0, 0.05) is 31.6 Å². The van der Waals surface area contributed by atoms with Crippen LogP contribution in [0.5, 0.6) is 0 Å². The smallest absolute Gasteiger partial charge is 0.219 e. The molecule has 0 unspecified atom stereocenters. The van der Waals surface area contributed by atoms with Gasteiger partial charge in [0.25, 0.3) is 0 Å². The molecule has 1 amide bonds. The largest absolute Gasteiger partial charge is 0.339 e. The monoisotopic (exact) mass is 224 g/mol. The molecule has 1 aliphatic carbocycles. The predicted octanol–water partition coefficient (Wildman–Crippen LogP) is 1.92. The number of carbonyl (C=O) groups is 1. The van der Waals surface area contributed by atoms with Gasteiger partial charge in [-0.25, -0.2) is 0 Å². The van der Waals surface area contributed by atoms with Gasteiger partial charge in [0.05, 0.1) is 0 Å². The summed E-state index contributed by atoms with van der Waals surface area (Å²) in [6.45, 7) is 5.60. The van der Waals surface area contributed by atoms with E-state index in [1.54, 1.807) is 6.92 Å². The van der Waals surface area contributed by atoms with Crippen LogP contribution < -0.4 is 5.32 Å². The first-order valence-corrected chi connectivity index (χ1v) is 6.69. The fourth-order valence-electron chi connectivity index (χ4n) is 3.50. The molecule has 1 spiro atoms. The van der Waals surface area contributed by atoms with Crippen LogP contribution in [0.3, 0.4) is 0 Å². The number of nitrogens with zero attached hydrogens (tertiary/aromatic N) is 1. The van der Waals surface area contributed by atoms with E-state index in [1.807, 2.05) is 4.90 Å². The maximum Gasteiger partial charge on any atom is 0.219 e. The summed E-state index contributed by atoms with van der Waals surface area (Å²) in [4.78, 5) is 13.6. The van der Waals surface area contributed by atoms with Gasteiger partial charge in [0.2, 0.25) is 5.91 Å². The van der Waals surface area contributed by atoms with E-state index < -0.39 is 0 Å². The summed E-state index contributed by atoms with van der Waals surface area (Å²) < 4.78 is 0. The van der Waals surface area contributed by atoms with Gasteiger partial charge in [-0.05, 0) is 26.2 Å². The Balaban J connectivity index is 1.98. The highest BCUT2D eigenvalue weighted by Gasteiger charge is 2.41. The molecule has 3 nitrogen and oxygen atoms in total. The van der Waals surface area contributed by atoms with Crippen LogP contribution in [0.1, 0.15) is 52.4 Å². The Labute approximate surface area is 98.6 Å². The molecule has 0 bridgehead atoms. The number of hydrogen-bond acceptors (Lipinski definition) is 2. The van der Waals surface area contributed by atoms with Crippen molar-refractivity contribution in [3.63, 3.8) is 0 Å². The van der Waals surface area contributed by atoms with Crippen molar-refractivity contribution in [3.8, 4) is 0 Å². The van der Waals surface area contributed by atoms with E-state index in [0.717, 1.165) is 13.1 Å². The predicted molar refractivity (Wildman–Crippen MR) is 65.3 cm³/mol. The van der Waals surface area contributed by atoms with Gasteiger partial charge in [0.1, 0.15) is 0 Å². The van der Waals surface area contributed by atoms with Crippen LogP contribution in [0.4, 0.5) is 0 Å². The van der Waals surface area contributed by atoms with Crippen molar-refractivity contribution in [2.24, 2.45) is 0 Å². The Kier molecular flexibility index (Phi) is 3.53. The second-order valence-corrected chi connectivity index (χ2v) is 5.38. The normalized spacial score (nSPS) is 28.2. The van der Waals surface area contributed by atoms with Crippen LogP contribution in [-0.2, 0) is 4.79 Å². The second kappa shape index (κ2) is 4.74. The summed E-state index contributed by atoms with van der Waals surface area (Å²) in [5.41, 5.74) is 0.367. The molecule has 2 aliphatic rings. The molecule has 0 radical (unpaired) electrons. The molecular weight excluding hydrogens is 200 g/mol. The maximum absolute atomic E-state index is 11.5. The molecule has 92 valence electrons. The van der Waals surface area contributed by atoms with Gasteiger partial charge in [-0.3, -0.25) is 4.79 Å². The fourth-order valence-corrected chi connectivity index (χ4v) is 3.50. The number of hydrogen-bond donors (Lipinski definition) is 1. The fraction of sp³-hybridized carbons (Fsp3) is 0.923. The van der Waals surface area contributed by atoms with Crippen molar-refractivity contribution < 1.29 is 4.79 Å². The average Bonchev–Trinajstić information content (AvgIpc) is 2.64. The number of carbonyl (C=O) groups excluding carboxylic acids is 1. The lowest BCUT2D eigenvalue weighted by Gasteiger charge is -2.34. The third-order valence-corrected chi connectivity index (χ3v) is 4.34. The van der Waals surface area contributed by atoms with E-state index in [4.69, 9.17) is 0 Å². The van der Waals surface area contributed by atoms with Crippen LogP contribution >= 0.6 is 0 Å². The van der Waals surface area contributed by atoms with Crippen LogP contribution in [-0.4, -0.2) is 35.5 Å². The lowest BCUT2D eigenvalue weighted by Crippen LogP contribution is -2.41. The summed E-state index contributed by atoms with van der Waals surface area (Å²) in [6.07, 6.45) is 7.87. The van der Waals surface area contributed by atoms with E-state index in [0.29, 0.717) is 11.6 Å². The number of nitrogens with one attached hydrogen (secondary N) is 1. The summed E-state index contributed by atoms with van der Waals surface area (Å²) in [5, 5.41) is 3.70. The highest BCUT2D eigenvalue weighted by Crippen LogP contribution is 2.36. The third-order valence-electron chi connectivity index (χ3n) is 4.34. The van der Waals surface area contributed by atoms with Gasteiger partial charge in [-0.15, -0.1) is 0 Å². The molecule has 1 saturated carbocycles. The van der Waals surface area contributed by atoms with E-state index in [1.165, 1.54) is 38.5 Å². The Morgan fingerprint density at radius 2 is 2.06 bits per heavy atom. The van der Waals surface area contributed by atoms with Crippen LogP contribution in [0, 0.1) is 0 Å². The maximum atomic E-state index is 11.5. The first kappa shape index (κ1) is 11.9. The Hall–Kier alpha value is -0.570.